The first-order valence-electron chi connectivity index (χ1n) is 4.94. The average Bonchev–Trinajstić information content (AvgIpc) is 2.17. The topological polar surface area (TPSA) is 44.2 Å². The Balaban J connectivity index is 3.07. The summed E-state index contributed by atoms with van der Waals surface area (Å²) in [5.74, 6) is 1.05. The zero-order valence-corrected chi connectivity index (χ0v) is 10.5. The van der Waals surface area contributed by atoms with Crippen molar-refractivity contribution in [2.75, 3.05) is 13.7 Å². The van der Waals surface area contributed by atoms with Crippen molar-refractivity contribution in [2.45, 2.75) is 20.5 Å². The molecule has 88 valence electrons. The molecule has 0 amide bonds. The number of aromatic nitrogens is 2. The fourth-order valence-electron chi connectivity index (χ4n) is 1.35. The van der Waals surface area contributed by atoms with E-state index in [9.17, 15) is 0 Å². The molecule has 0 N–H and O–H groups in total. The summed E-state index contributed by atoms with van der Waals surface area (Å²) < 4.78 is 10.2. The highest BCUT2D eigenvalue weighted by Gasteiger charge is 2.13. The Bertz CT molecular complexity index is 371. The maximum absolute atomic E-state index is 6.05. The molecule has 1 rings (SSSR count). The van der Waals surface area contributed by atoms with Crippen molar-refractivity contribution in [3.63, 3.8) is 0 Å². The van der Waals surface area contributed by atoms with Crippen LogP contribution >= 0.6 is 11.6 Å². The lowest BCUT2D eigenvalue weighted by Crippen LogP contribution is -2.04. The van der Waals surface area contributed by atoms with Crippen molar-refractivity contribution >= 4 is 17.4 Å². The van der Waals surface area contributed by atoms with Crippen molar-refractivity contribution in [1.82, 2.24) is 9.97 Å². The minimum Gasteiger partial charge on any atom is -0.494 e. The molecule has 5 heteroatoms. The zero-order valence-electron chi connectivity index (χ0n) is 9.71. The van der Waals surface area contributed by atoms with Crippen LogP contribution in [0.15, 0.2) is 6.58 Å². The molecule has 0 spiro atoms. The molecule has 0 aliphatic heterocycles. The molecule has 0 unspecified atom stereocenters. The molecule has 0 saturated heterocycles. The van der Waals surface area contributed by atoms with Crippen LogP contribution in [0.2, 0.25) is 5.15 Å². The smallest absolute Gasteiger partial charge is 0.155 e. The van der Waals surface area contributed by atoms with E-state index in [1.807, 2.05) is 13.8 Å². The SMILES string of the molecule is C=C(OCC)c1c(C)nc(COC)nc1Cl. The number of aryl methyl sites for hydroxylation is 1. The number of hydrogen-bond donors (Lipinski definition) is 0. The van der Waals surface area contributed by atoms with E-state index >= 15 is 0 Å². The predicted octanol–water partition coefficient (Wildman–Crippen LogP) is 2.59. The molecule has 0 atom stereocenters. The molecule has 0 fully saturated rings. The van der Waals surface area contributed by atoms with Gasteiger partial charge < -0.3 is 9.47 Å². The fourth-order valence-corrected chi connectivity index (χ4v) is 1.69. The summed E-state index contributed by atoms with van der Waals surface area (Å²) in [5.41, 5.74) is 1.40. The van der Waals surface area contributed by atoms with Crippen LogP contribution in [0.25, 0.3) is 5.76 Å². The highest BCUT2D eigenvalue weighted by molar-refractivity contribution is 6.31. The van der Waals surface area contributed by atoms with Crippen LogP contribution in [0, 0.1) is 6.92 Å². The minimum atomic E-state index is 0.335. The Morgan fingerprint density at radius 1 is 1.44 bits per heavy atom. The van der Waals surface area contributed by atoms with Gasteiger partial charge >= 0.3 is 0 Å². The molecule has 0 bridgehead atoms. The Morgan fingerprint density at radius 2 is 2.12 bits per heavy atom. The van der Waals surface area contributed by atoms with Gasteiger partial charge in [0.15, 0.2) is 5.82 Å². The summed E-state index contributed by atoms with van der Waals surface area (Å²) in [5, 5.41) is 0.345. The largest absolute Gasteiger partial charge is 0.494 e. The summed E-state index contributed by atoms with van der Waals surface area (Å²) >= 11 is 6.05. The van der Waals surface area contributed by atoms with Crippen LogP contribution in [0.5, 0.6) is 0 Å². The van der Waals surface area contributed by atoms with Gasteiger partial charge in [0.2, 0.25) is 0 Å². The third kappa shape index (κ3) is 2.93. The van der Waals surface area contributed by atoms with Gasteiger partial charge in [-0.05, 0) is 13.8 Å². The molecule has 4 nitrogen and oxygen atoms in total. The summed E-state index contributed by atoms with van der Waals surface area (Å²) in [4.78, 5) is 8.38. The van der Waals surface area contributed by atoms with Crippen LogP contribution < -0.4 is 0 Å². The Morgan fingerprint density at radius 3 is 2.62 bits per heavy atom. The highest BCUT2D eigenvalue weighted by atomic mass is 35.5. The van der Waals surface area contributed by atoms with Gasteiger partial charge in [-0.25, -0.2) is 9.97 Å². The van der Waals surface area contributed by atoms with E-state index in [-0.39, 0.29) is 0 Å². The fraction of sp³-hybridized carbons (Fsp3) is 0.455. The van der Waals surface area contributed by atoms with Gasteiger partial charge in [-0.3, -0.25) is 0 Å². The van der Waals surface area contributed by atoms with Crippen LogP contribution in [0.4, 0.5) is 0 Å². The van der Waals surface area contributed by atoms with Crippen LogP contribution in [-0.2, 0) is 16.1 Å². The highest BCUT2D eigenvalue weighted by Crippen LogP contribution is 2.24. The molecular formula is C11H15ClN2O2. The zero-order chi connectivity index (χ0) is 12.1. The molecular weight excluding hydrogens is 228 g/mol. The van der Waals surface area contributed by atoms with Gasteiger partial charge in [0.1, 0.15) is 17.5 Å². The number of halogens is 1. The van der Waals surface area contributed by atoms with Gasteiger partial charge in [0.25, 0.3) is 0 Å². The number of ether oxygens (including phenoxy) is 2. The second kappa shape index (κ2) is 5.82. The monoisotopic (exact) mass is 242 g/mol. The van der Waals surface area contributed by atoms with E-state index in [4.69, 9.17) is 21.1 Å². The maximum Gasteiger partial charge on any atom is 0.155 e. The Hall–Kier alpha value is -1.13. The van der Waals surface area contributed by atoms with Crippen LogP contribution in [0.3, 0.4) is 0 Å². The molecule has 0 aliphatic carbocycles. The molecule has 0 radical (unpaired) electrons. The summed E-state index contributed by atoms with van der Waals surface area (Å²) in [6, 6.07) is 0. The van der Waals surface area contributed by atoms with Gasteiger partial charge in [0.05, 0.1) is 17.9 Å². The first-order valence-corrected chi connectivity index (χ1v) is 5.32. The lowest BCUT2D eigenvalue weighted by molar-refractivity contribution is 0.177. The van der Waals surface area contributed by atoms with Gasteiger partial charge in [-0.1, -0.05) is 18.2 Å². The minimum absolute atomic E-state index is 0.335. The van der Waals surface area contributed by atoms with Gasteiger partial charge in [0, 0.05) is 7.11 Å². The van der Waals surface area contributed by atoms with Crippen molar-refractivity contribution in [3.05, 3.63) is 28.8 Å². The van der Waals surface area contributed by atoms with Crippen LogP contribution in [-0.4, -0.2) is 23.7 Å². The third-order valence-corrected chi connectivity index (χ3v) is 2.24. The van der Waals surface area contributed by atoms with E-state index in [0.717, 1.165) is 5.69 Å². The Labute approximate surface area is 100 Å². The van der Waals surface area contributed by atoms with E-state index in [1.54, 1.807) is 7.11 Å². The molecule has 16 heavy (non-hydrogen) atoms. The van der Waals surface area contributed by atoms with Crippen LogP contribution in [0.1, 0.15) is 24.0 Å². The van der Waals surface area contributed by atoms with Gasteiger partial charge in [-0.2, -0.15) is 0 Å². The number of methoxy groups -OCH3 is 1. The molecule has 1 aromatic rings. The van der Waals surface area contributed by atoms with Crippen molar-refractivity contribution < 1.29 is 9.47 Å². The summed E-state index contributed by atoms with van der Waals surface area (Å²) in [6.07, 6.45) is 0. The molecule has 0 aromatic carbocycles. The Kier molecular flexibility index (Phi) is 4.71. The lowest BCUT2D eigenvalue weighted by atomic mass is 10.2. The maximum atomic E-state index is 6.05. The summed E-state index contributed by atoms with van der Waals surface area (Å²) in [6.45, 7) is 8.39. The van der Waals surface area contributed by atoms with Crippen molar-refractivity contribution in [2.24, 2.45) is 0 Å². The van der Waals surface area contributed by atoms with Crippen molar-refractivity contribution in [3.8, 4) is 0 Å². The lowest BCUT2D eigenvalue weighted by Gasteiger charge is -2.11. The van der Waals surface area contributed by atoms with E-state index < -0.39 is 0 Å². The van der Waals surface area contributed by atoms with E-state index in [0.29, 0.717) is 35.5 Å². The van der Waals surface area contributed by atoms with E-state index in [2.05, 4.69) is 16.5 Å². The van der Waals surface area contributed by atoms with Gasteiger partial charge in [-0.15, -0.1) is 0 Å². The second-order valence-electron chi connectivity index (χ2n) is 3.18. The molecule has 1 heterocycles. The average molecular weight is 243 g/mol. The van der Waals surface area contributed by atoms with E-state index in [1.165, 1.54) is 0 Å². The molecule has 1 aromatic heterocycles. The standard InChI is InChI=1S/C11H15ClN2O2/c1-5-16-8(3)10-7(2)13-9(6-15-4)14-11(10)12/h3,5-6H2,1-2,4H3. The normalized spacial score (nSPS) is 10.2. The number of rotatable bonds is 5. The quantitative estimate of drug-likeness (QED) is 0.588. The third-order valence-electron chi connectivity index (χ3n) is 1.96. The molecule has 0 saturated carbocycles. The number of nitrogens with zero attached hydrogens (tertiary/aromatic N) is 2. The first-order chi connectivity index (χ1) is 7.60. The predicted molar refractivity (Wildman–Crippen MR) is 63.2 cm³/mol. The second-order valence-corrected chi connectivity index (χ2v) is 3.54. The molecule has 0 aliphatic rings. The first kappa shape index (κ1) is 12.9. The van der Waals surface area contributed by atoms with Crippen molar-refractivity contribution in [1.29, 1.82) is 0 Å². The number of hydrogen-bond acceptors (Lipinski definition) is 4. The summed E-state index contributed by atoms with van der Waals surface area (Å²) in [7, 11) is 1.58.